The van der Waals surface area contributed by atoms with Crippen molar-refractivity contribution in [3.8, 4) is 0 Å². The molecule has 5 N–H and O–H groups in total. The van der Waals surface area contributed by atoms with Crippen LogP contribution in [0.15, 0.2) is 85.5 Å². The minimum absolute atomic E-state index is 0.0412. The summed E-state index contributed by atoms with van der Waals surface area (Å²) in [4.78, 5) is 39.8. The van der Waals surface area contributed by atoms with Crippen LogP contribution in [0.25, 0.3) is 0 Å². The fourth-order valence-corrected chi connectivity index (χ4v) is 6.69. The largest absolute Gasteiger partial charge is 0.445 e. The molecule has 1 aliphatic rings. The van der Waals surface area contributed by atoms with Gasteiger partial charge in [-0.3, -0.25) is 9.59 Å². The molecular formula is C42H61N3O6. The minimum Gasteiger partial charge on any atom is -0.445 e. The van der Waals surface area contributed by atoms with Gasteiger partial charge in [0.1, 0.15) is 6.61 Å². The first-order valence-corrected chi connectivity index (χ1v) is 18.8. The first-order valence-electron chi connectivity index (χ1n) is 18.8. The molecule has 2 aromatic carbocycles. The molecule has 0 aromatic heterocycles. The molecule has 0 saturated heterocycles. The zero-order valence-corrected chi connectivity index (χ0v) is 30.7. The number of carbonyl (C=O) groups excluding carboxylic acids is 3. The molecule has 9 nitrogen and oxygen atoms in total. The van der Waals surface area contributed by atoms with Gasteiger partial charge in [0.05, 0.1) is 24.3 Å². The van der Waals surface area contributed by atoms with Crippen molar-refractivity contribution in [2.24, 2.45) is 17.8 Å². The van der Waals surface area contributed by atoms with Crippen LogP contribution in [0.3, 0.4) is 0 Å². The summed E-state index contributed by atoms with van der Waals surface area (Å²) < 4.78 is 5.49. The number of nitrogens with one attached hydrogen (secondary N) is 3. The number of aliphatic hydroxyl groups is 2. The summed E-state index contributed by atoms with van der Waals surface area (Å²) in [6.07, 6.45) is 7.52. The van der Waals surface area contributed by atoms with E-state index in [-0.39, 0.29) is 42.8 Å². The Labute approximate surface area is 305 Å². The highest BCUT2D eigenvalue weighted by atomic mass is 16.5. The molecule has 1 saturated carbocycles. The van der Waals surface area contributed by atoms with Gasteiger partial charge < -0.3 is 30.9 Å². The molecular weight excluding hydrogens is 642 g/mol. The van der Waals surface area contributed by atoms with Crippen LogP contribution >= 0.6 is 0 Å². The number of ether oxygens (including phenoxy) is 1. The summed E-state index contributed by atoms with van der Waals surface area (Å²) in [5, 5.41) is 32.0. The Hall–Kier alpha value is -3.95. The predicted octanol–water partition coefficient (Wildman–Crippen LogP) is 6.78. The highest BCUT2D eigenvalue weighted by molar-refractivity contribution is 5.92. The van der Waals surface area contributed by atoms with Crippen LogP contribution in [-0.4, -0.2) is 59.0 Å². The van der Waals surface area contributed by atoms with Crippen LogP contribution < -0.4 is 16.0 Å². The van der Waals surface area contributed by atoms with E-state index in [4.69, 9.17) is 4.74 Å². The van der Waals surface area contributed by atoms with Crippen molar-refractivity contribution in [2.45, 2.75) is 122 Å². The lowest BCUT2D eigenvalue weighted by atomic mass is 9.82. The van der Waals surface area contributed by atoms with E-state index >= 15 is 0 Å². The second-order valence-electron chi connectivity index (χ2n) is 14.6. The molecule has 0 heterocycles. The van der Waals surface area contributed by atoms with E-state index in [1.54, 1.807) is 6.08 Å². The maximum Gasteiger partial charge on any atom is 0.407 e. The lowest BCUT2D eigenvalue weighted by Crippen LogP contribution is -2.50. The summed E-state index contributed by atoms with van der Waals surface area (Å²) in [5.74, 6) is -0.527. The van der Waals surface area contributed by atoms with Gasteiger partial charge >= 0.3 is 6.09 Å². The van der Waals surface area contributed by atoms with Gasteiger partial charge in [-0.25, -0.2) is 4.79 Å². The van der Waals surface area contributed by atoms with E-state index in [2.05, 4.69) is 29.1 Å². The van der Waals surface area contributed by atoms with E-state index in [1.165, 1.54) is 6.42 Å². The Balaban J connectivity index is 1.76. The molecule has 1 fully saturated rings. The number of benzene rings is 2. The van der Waals surface area contributed by atoms with Gasteiger partial charge in [-0.05, 0) is 61.5 Å². The Kier molecular flexibility index (Phi) is 18.5. The van der Waals surface area contributed by atoms with E-state index in [1.807, 2.05) is 74.5 Å². The average molecular weight is 704 g/mol. The first kappa shape index (κ1) is 41.5. The Morgan fingerprint density at radius 2 is 1.55 bits per heavy atom. The number of aliphatic hydroxyl groups excluding tert-OH is 2. The van der Waals surface area contributed by atoms with Crippen molar-refractivity contribution < 1.29 is 29.3 Å². The zero-order chi connectivity index (χ0) is 37.0. The molecule has 5 atom stereocenters. The van der Waals surface area contributed by atoms with Crippen LogP contribution in [0.2, 0.25) is 0 Å². The summed E-state index contributed by atoms with van der Waals surface area (Å²) >= 11 is 0. The van der Waals surface area contributed by atoms with Gasteiger partial charge in [0.2, 0.25) is 11.8 Å². The van der Waals surface area contributed by atoms with E-state index in [0.717, 1.165) is 36.8 Å². The molecule has 51 heavy (non-hydrogen) atoms. The molecule has 9 heteroatoms. The number of rotatable bonds is 22. The van der Waals surface area contributed by atoms with Gasteiger partial charge in [-0.15, -0.1) is 6.58 Å². The maximum atomic E-state index is 14.1. The molecule has 3 amide bonds. The standard InChI is InChI=1S/C42H61N3O6/c1-5-6-10-23-35(27-39(47)37(26-33-19-13-8-14-20-33)45-42(50)51-29-34-21-15-9-16-22-34)41(49)44-36(25-32-17-11-7-12-18-32)38(46)24-31(4)40(48)43-28-30(2)3/h5,8-9,13-16,19-22,30,32,35-39,46-47H,1,4,6-7,10-12,17-18,23-29H2,2-3H3,(H,43,48)(H,44,49)(H,45,50)/t35-,36-,37-,38-,39+/m0/s1. The summed E-state index contributed by atoms with van der Waals surface area (Å²) in [6, 6.07) is 17.6. The number of amides is 3. The Morgan fingerprint density at radius 3 is 2.18 bits per heavy atom. The van der Waals surface area contributed by atoms with Gasteiger partial charge in [0.25, 0.3) is 0 Å². The van der Waals surface area contributed by atoms with Gasteiger partial charge in [0, 0.05) is 24.5 Å². The number of allylic oxidation sites excluding steroid dienone is 1. The lowest BCUT2D eigenvalue weighted by molar-refractivity contribution is -0.128. The lowest BCUT2D eigenvalue weighted by Gasteiger charge is -2.32. The number of unbranched alkanes of at least 4 members (excludes halogenated alkanes) is 1. The summed E-state index contributed by atoms with van der Waals surface area (Å²) in [6.45, 7) is 12.4. The van der Waals surface area contributed by atoms with Crippen LogP contribution in [0.1, 0.15) is 95.6 Å². The van der Waals surface area contributed by atoms with Crippen molar-refractivity contribution in [1.82, 2.24) is 16.0 Å². The van der Waals surface area contributed by atoms with Crippen molar-refractivity contribution in [2.75, 3.05) is 6.54 Å². The average Bonchev–Trinajstić information content (AvgIpc) is 3.13. The number of alkyl carbamates (subject to hydrolysis) is 1. The van der Waals surface area contributed by atoms with Gasteiger partial charge in [-0.1, -0.05) is 119 Å². The summed E-state index contributed by atoms with van der Waals surface area (Å²) in [7, 11) is 0. The van der Waals surface area contributed by atoms with E-state index < -0.39 is 36.3 Å². The third-order valence-electron chi connectivity index (χ3n) is 9.69. The predicted molar refractivity (Wildman–Crippen MR) is 203 cm³/mol. The second kappa shape index (κ2) is 22.8. The van der Waals surface area contributed by atoms with Crippen molar-refractivity contribution in [1.29, 1.82) is 0 Å². The molecule has 0 unspecified atom stereocenters. The second-order valence-corrected chi connectivity index (χ2v) is 14.6. The maximum absolute atomic E-state index is 14.1. The SMILES string of the molecule is C=CCCC[C@@H](C[C@@H](O)[C@H](Cc1ccccc1)NC(=O)OCc1ccccc1)C(=O)N[C@@H](CC1CCCCC1)[C@@H](O)CC(=C)C(=O)NCC(C)C. The highest BCUT2D eigenvalue weighted by Crippen LogP contribution is 2.29. The smallest absolute Gasteiger partial charge is 0.407 e. The Bertz CT molecular complexity index is 1340. The topological polar surface area (TPSA) is 137 Å². The molecule has 280 valence electrons. The molecule has 3 rings (SSSR count). The van der Waals surface area contributed by atoms with Crippen molar-refractivity contribution >= 4 is 17.9 Å². The Morgan fingerprint density at radius 1 is 0.902 bits per heavy atom. The quantitative estimate of drug-likeness (QED) is 0.0521. The van der Waals surface area contributed by atoms with Crippen LogP contribution in [0.5, 0.6) is 0 Å². The first-order chi connectivity index (χ1) is 24.5. The summed E-state index contributed by atoms with van der Waals surface area (Å²) in [5.41, 5.74) is 2.04. The van der Waals surface area contributed by atoms with Crippen LogP contribution in [0.4, 0.5) is 4.79 Å². The normalized spacial score (nSPS) is 16.3. The van der Waals surface area contributed by atoms with Gasteiger partial charge in [0.15, 0.2) is 0 Å². The van der Waals surface area contributed by atoms with Crippen LogP contribution in [-0.2, 0) is 27.4 Å². The third kappa shape index (κ3) is 15.9. The van der Waals surface area contributed by atoms with Crippen LogP contribution in [0, 0.1) is 17.8 Å². The van der Waals surface area contributed by atoms with E-state index in [0.29, 0.717) is 44.6 Å². The monoisotopic (exact) mass is 703 g/mol. The zero-order valence-electron chi connectivity index (χ0n) is 30.7. The molecule has 2 aromatic rings. The molecule has 1 aliphatic carbocycles. The van der Waals surface area contributed by atoms with Gasteiger partial charge in [-0.2, -0.15) is 0 Å². The number of hydrogen-bond donors (Lipinski definition) is 5. The van der Waals surface area contributed by atoms with Crippen molar-refractivity contribution in [3.63, 3.8) is 0 Å². The molecule has 0 aliphatic heterocycles. The van der Waals surface area contributed by atoms with E-state index in [9.17, 15) is 24.6 Å². The fourth-order valence-electron chi connectivity index (χ4n) is 6.69. The highest BCUT2D eigenvalue weighted by Gasteiger charge is 2.33. The van der Waals surface area contributed by atoms with Crippen molar-refractivity contribution in [3.05, 3.63) is 96.6 Å². The molecule has 0 radical (unpaired) electrons. The fraction of sp³-hybridized carbons (Fsp3) is 0.548. The number of carbonyl (C=O) groups is 3. The number of hydrogen-bond acceptors (Lipinski definition) is 6. The molecule has 0 bridgehead atoms. The minimum atomic E-state index is -1.07. The molecule has 0 spiro atoms. The third-order valence-corrected chi connectivity index (χ3v) is 9.69.